The van der Waals surface area contributed by atoms with E-state index in [1.807, 2.05) is 45.9 Å². The van der Waals surface area contributed by atoms with Crippen molar-refractivity contribution < 1.29 is 22.1 Å². The maximum Gasteiger partial charge on any atom is 0.322 e. The van der Waals surface area contributed by atoms with E-state index in [4.69, 9.17) is 8.92 Å². The Hall–Kier alpha value is -2.74. The minimum absolute atomic E-state index is 0.0832. The summed E-state index contributed by atoms with van der Waals surface area (Å²) < 4.78 is 34.2. The van der Waals surface area contributed by atoms with E-state index >= 15 is 0 Å². The van der Waals surface area contributed by atoms with Crippen LogP contribution in [0.15, 0.2) is 36.4 Å². The first kappa shape index (κ1) is 23.5. The van der Waals surface area contributed by atoms with Gasteiger partial charge in [-0.3, -0.25) is 0 Å². The fraction of sp³-hybridized carbons (Fsp3) is 0.409. The number of carbonyl (C=O) groups is 1. The monoisotopic (exact) mass is 434 g/mol. The van der Waals surface area contributed by atoms with E-state index in [1.54, 1.807) is 23.1 Å². The number of para-hydroxylation sites is 1. The van der Waals surface area contributed by atoms with E-state index < -0.39 is 10.1 Å². The molecule has 0 unspecified atom stereocenters. The van der Waals surface area contributed by atoms with E-state index in [0.29, 0.717) is 5.75 Å². The molecular formula is C22H30N2O5S. The van der Waals surface area contributed by atoms with Gasteiger partial charge in [-0.2, -0.15) is 8.42 Å². The molecule has 0 spiro atoms. The van der Waals surface area contributed by atoms with Crippen LogP contribution in [0.25, 0.3) is 0 Å². The summed E-state index contributed by atoms with van der Waals surface area (Å²) in [6, 6.07) is 10.5. The number of urea groups is 1. The Morgan fingerprint density at radius 3 is 2.27 bits per heavy atom. The van der Waals surface area contributed by atoms with Crippen LogP contribution < -0.4 is 14.2 Å². The molecule has 0 aliphatic rings. The third-order valence-electron chi connectivity index (χ3n) is 4.75. The van der Waals surface area contributed by atoms with Crippen molar-refractivity contribution in [1.29, 1.82) is 0 Å². The molecule has 2 aromatic rings. The van der Waals surface area contributed by atoms with Crippen LogP contribution in [0.4, 0.5) is 10.5 Å². The maximum atomic E-state index is 13.0. The normalized spacial score (nSPS) is 11.3. The lowest BCUT2D eigenvalue weighted by Crippen LogP contribution is -2.39. The van der Waals surface area contributed by atoms with Crippen LogP contribution in [0.3, 0.4) is 0 Å². The molecule has 2 amide bonds. The number of aryl methyl sites for hydroxylation is 2. The third-order valence-corrected chi connectivity index (χ3v) is 5.89. The van der Waals surface area contributed by atoms with Crippen molar-refractivity contribution in [2.45, 2.75) is 47.2 Å². The van der Waals surface area contributed by atoms with Crippen molar-refractivity contribution >= 4 is 21.8 Å². The first-order valence-electron chi connectivity index (χ1n) is 9.80. The zero-order valence-electron chi connectivity index (χ0n) is 18.4. The Kier molecular flexibility index (Phi) is 7.72. The highest BCUT2D eigenvalue weighted by Crippen LogP contribution is 2.30. The number of methoxy groups -OCH3 is 1. The van der Waals surface area contributed by atoms with E-state index in [9.17, 15) is 13.2 Å². The molecule has 1 N–H and O–H groups in total. The zero-order valence-corrected chi connectivity index (χ0v) is 19.2. The summed E-state index contributed by atoms with van der Waals surface area (Å²) in [5.74, 6) is 0.263. The van der Waals surface area contributed by atoms with Crippen LogP contribution in [0.5, 0.6) is 11.5 Å². The Labute approximate surface area is 179 Å². The van der Waals surface area contributed by atoms with Gasteiger partial charge < -0.3 is 19.1 Å². The second kappa shape index (κ2) is 9.84. The number of nitrogens with zero attached hydrogens (tertiary/aromatic N) is 1. The summed E-state index contributed by atoms with van der Waals surface area (Å²) >= 11 is 0. The number of hydrogen-bond acceptors (Lipinski definition) is 5. The van der Waals surface area contributed by atoms with Crippen molar-refractivity contribution in [3.63, 3.8) is 0 Å². The fourth-order valence-corrected chi connectivity index (χ4v) is 3.48. The van der Waals surface area contributed by atoms with Crippen molar-refractivity contribution in [3.05, 3.63) is 53.1 Å². The molecule has 2 aromatic carbocycles. The average molecular weight is 435 g/mol. The predicted molar refractivity (Wildman–Crippen MR) is 119 cm³/mol. The summed E-state index contributed by atoms with van der Waals surface area (Å²) in [6.07, 6.45) is 0. The van der Waals surface area contributed by atoms with Gasteiger partial charge in [-0.05, 0) is 63.4 Å². The van der Waals surface area contributed by atoms with E-state index in [2.05, 4.69) is 5.32 Å². The van der Waals surface area contributed by atoms with Crippen LogP contribution in [0.1, 0.15) is 37.5 Å². The maximum absolute atomic E-state index is 13.0. The summed E-state index contributed by atoms with van der Waals surface area (Å²) in [5, 5.41) is 3.00. The Balaban J connectivity index is 2.29. The molecule has 0 atom stereocenters. The van der Waals surface area contributed by atoms with Gasteiger partial charge in [0.2, 0.25) is 0 Å². The highest BCUT2D eigenvalue weighted by atomic mass is 32.2. The molecule has 0 heterocycles. The Bertz CT molecular complexity index is 982. The van der Waals surface area contributed by atoms with Crippen molar-refractivity contribution in [2.75, 3.05) is 18.2 Å². The lowest BCUT2D eigenvalue weighted by Gasteiger charge is -2.28. The molecule has 0 fully saturated rings. The minimum atomic E-state index is -3.71. The fourth-order valence-electron chi connectivity index (χ4n) is 2.96. The van der Waals surface area contributed by atoms with Gasteiger partial charge in [0.25, 0.3) is 0 Å². The van der Waals surface area contributed by atoms with Gasteiger partial charge in [-0.15, -0.1) is 0 Å². The highest BCUT2D eigenvalue weighted by Gasteiger charge is 2.21. The summed E-state index contributed by atoms with van der Waals surface area (Å²) in [6.45, 7) is 9.53. The number of hydrogen-bond donors (Lipinski definition) is 1. The van der Waals surface area contributed by atoms with E-state index in [0.717, 1.165) is 22.4 Å². The van der Waals surface area contributed by atoms with Gasteiger partial charge in [0, 0.05) is 18.3 Å². The molecule has 164 valence electrons. The first-order valence-corrected chi connectivity index (χ1v) is 11.4. The van der Waals surface area contributed by atoms with Crippen LogP contribution in [-0.4, -0.2) is 38.3 Å². The molecule has 0 saturated carbocycles. The van der Waals surface area contributed by atoms with Gasteiger partial charge in [-0.25, -0.2) is 4.79 Å². The summed E-state index contributed by atoms with van der Waals surface area (Å²) in [7, 11) is -2.26. The summed E-state index contributed by atoms with van der Waals surface area (Å²) in [4.78, 5) is 14.7. The van der Waals surface area contributed by atoms with Crippen LogP contribution >= 0.6 is 0 Å². The number of rotatable bonds is 8. The van der Waals surface area contributed by atoms with Gasteiger partial charge in [0.1, 0.15) is 0 Å². The molecule has 8 heteroatoms. The Morgan fingerprint density at radius 1 is 1.10 bits per heavy atom. The lowest BCUT2D eigenvalue weighted by atomic mass is 10.1. The second-order valence-electron chi connectivity index (χ2n) is 7.33. The highest BCUT2D eigenvalue weighted by molar-refractivity contribution is 7.87. The van der Waals surface area contributed by atoms with E-state index in [-0.39, 0.29) is 30.1 Å². The minimum Gasteiger partial charge on any atom is -0.493 e. The molecule has 0 aliphatic heterocycles. The topological polar surface area (TPSA) is 84.9 Å². The van der Waals surface area contributed by atoms with Crippen molar-refractivity contribution in [2.24, 2.45) is 0 Å². The van der Waals surface area contributed by atoms with E-state index in [1.165, 1.54) is 14.0 Å². The quantitative estimate of drug-likeness (QED) is 0.619. The average Bonchev–Trinajstić information content (AvgIpc) is 2.68. The second-order valence-corrected chi connectivity index (χ2v) is 9.19. The third kappa shape index (κ3) is 5.89. The zero-order chi connectivity index (χ0) is 22.5. The van der Waals surface area contributed by atoms with Gasteiger partial charge in [0.05, 0.1) is 12.9 Å². The number of ether oxygens (including phenoxy) is 1. The largest absolute Gasteiger partial charge is 0.493 e. The molecule has 0 aromatic heterocycles. The lowest BCUT2D eigenvalue weighted by molar-refractivity contribution is 0.193. The number of amides is 2. The molecular weight excluding hydrogens is 404 g/mol. The number of anilines is 1. The van der Waals surface area contributed by atoms with Gasteiger partial charge >= 0.3 is 16.1 Å². The molecule has 7 nitrogen and oxygen atoms in total. The first-order chi connectivity index (χ1) is 14.1. The molecule has 0 bridgehead atoms. The predicted octanol–water partition coefficient (Wildman–Crippen LogP) is 4.48. The molecule has 0 saturated heterocycles. The SMILES string of the molecule is CCS(=O)(=O)Oc1cc(CN(C(=O)Nc2c(C)cccc2C)C(C)C)ccc1OC. The van der Waals surface area contributed by atoms with Crippen LogP contribution in [0.2, 0.25) is 0 Å². The van der Waals surface area contributed by atoms with Gasteiger partial charge in [-0.1, -0.05) is 24.3 Å². The standard InChI is InChI=1S/C22H30N2O5S/c1-7-30(26,27)29-20-13-18(11-12-19(20)28-6)14-24(15(2)3)22(25)23-21-16(4)9-8-10-17(21)5/h8-13,15H,7,14H2,1-6H3,(H,23,25). The van der Waals surface area contributed by atoms with Crippen molar-refractivity contribution in [1.82, 2.24) is 4.90 Å². The van der Waals surface area contributed by atoms with Gasteiger partial charge in [0.15, 0.2) is 11.5 Å². The molecule has 0 radical (unpaired) electrons. The Morgan fingerprint density at radius 2 is 1.73 bits per heavy atom. The number of nitrogens with one attached hydrogen (secondary N) is 1. The summed E-state index contributed by atoms with van der Waals surface area (Å²) in [5.41, 5.74) is 3.48. The molecule has 30 heavy (non-hydrogen) atoms. The van der Waals surface area contributed by atoms with Crippen LogP contribution in [0, 0.1) is 13.8 Å². The molecule has 2 rings (SSSR count). The van der Waals surface area contributed by atoms with Crippen LogP contribution in [-0.2, 0) is 16.7 Å². The smallest absolute Gasteiger partial charge is 0.322 e. The molecule has 0 aliphatic carbocycles. The number of carbonyl (C=O) groups excluding carboxylic acids is 1. The van der Waals surface area contributed by atoms with Crippen molar-refractivity contribution in [3.8, 4) is 11.5 Å². The number of benzene rings is 2.